The van der Waals surface area contributed by atoms with Crippen molar-refractivity contribution in [2.75, 3.05) is 26.2 Å². The third kappa shape index (κ3) is 5.40. The Hall–Kier alpha value is -3.56. The van der Waals surface area contributed by atoms with Gasteiger partial charge in [-0.3, -0.25) is 4.90 Å². The lowest BCUT2D eigenvalue weighted by molar-refractivity contribution is -0.189. The van der Waals surface area contributed by atoms with Gasteiger partial charge in [-0.25, -0.2) is 4.79 Å². The number of halogens is 3. The van der Waals surface area contributed by atoms with E-state index in [0.717, 1.165) is 62.6 Å². The van der Waals surface area contributed by atoms with Gasteiger partial charge in [-0.2, -0.15) is 13.2 Å². The zero-order valence-corrected chi connectivity index (χ0v) is 22.5. The predicted octanol–water partition coefficient (Wildman–Crippen LogP) is 7.02. The minimum atomic E-state index is -5.07. The van der Waals surface area contributed by atoms with Gasteiger partial charge >= 0.3 is 12.1 Å². The molecule has 9 heteroatoms. The lowest BCUT2D eigenvalue weighted by Gasteiger charge is -2.28. The average molecular weight is 568 g/mol. The van der Waals surface area contributed by atoms with Gasteiger partial charge in [0.15, 0.2) is 0 Å². The number of carbonyl (C=O) groups excluding carboxylic acids is 1. The number of thiophene rings is 1. The number of likely N-dealkylation sites (tertiary alicyclic amines) is 1. The number of rotatable bonds is 6. The molecule has 0 saturated carbocycles. The standard InChI is InChI=1S/C31H28F3NO4S/c32-31(33,34)30(37)39-23-9-11-25-26(18-23)40-27-17-20-16-21(36)6-10-24(20)28(29(25)27)19-4-7-22(8-5-19)38-15-14-35-12-2-1-3-13-35/h4-11,16,18,28,36H,1-3,12-15,17H2. The molecule has 1 fully saturated rings. The van der Waals surface area contributed by atoms with Gasteiger partial charge in [0.05, 0.1) is 0 Å². The SMILES string of the molecule is O=C(Oc1ccc2c3c(sc2c1)Cc1cc(O)ccc1C3c1ccc(OCCN2CCCCC2)cc1)C(F)(F)F. The third-order valence-electron chi connectivity index (χ3n) is 7.63. The number of esters is 1. The van der Waals surface area contributed by atoms with E-state index in [4.69, 9.17) is 4.74 Å². The molecule has 0 spiro atoms. The molecule has 40 heavy (non-hydrogen) atoms. The second-order valence-electron chi connectivity index (χ2n) is 10.3. The number of hydrogen-bond donors (Lipinski definition) is 1. The van der Waals surface area contributed by atoms with E-state index >= 15 is 0 Å². The molecule has 1 aliphatic heterocycles. The summed E-state index contributed by atoms with van der Waals surface area (Å²) in [6, 6.07) is 18.0. The number of piperidine rings is 1. The van der Waals surface area contributed by atoms with Gasteiger partial charge in [-0.1, -0.05) is 24.6 Å². The van der Waals surface area contributed by atoms with Crippen molar-refractivity contribution in [2.45, 2.75) is 37.8 Å². The second-order valence-corrected chi connectivity index (χ2v) is 11.4. The highest BCUT2D eigenvalue weighted by Crippen LogP contribution is 2.49. The minimum absolute atomic E-state index is 0.140. The van der Waals surface area contributed by atoms with Crippen LogP contribution < -0.4 is 9.47 Å². The Morgan fingerprint density at radius 2 is 1.73 bits per heavy atom. The summed E-state index contributed by atoms with van der Waals surface area (Å²) < 4.78 is 49.6. The van der Waals surface area contributed by atoms with Crippen LogP contribution in [0.5, 0.6) is 17.2 Å². The molecule has 0 bridgehead atoms. The topological polar surface area (TPSA) is 59.0 Å². The Bertz CT molecular complexity index is 1540. The zero-order chi connectivity index (χ0) is 27.9. The molecule has 1 saturated heterocycles. The molecule has 4 aromatic rings. The summed E-state index contributed by atoms with van der Waals surface area (Å²) in [6.45, 7) is 3.79. The van der Waals surface area contributed by atoms with Crippen molar-refractivity contribution in [1.29, 1.82) is 0 Å². The number of nitrogens with zero attached hydrogens (tertiary/aromatic N) is 1. The van der Waals surface area contributed by atoms with Crippen molar-refractivity contribution >= 4 is 27.4 Å². The first kappa shape index (κ1) is 26.7. The maximum Gasteiger partial charge on any atom is 0.491 e. The molecule has 208 valence electrons. The van der Waals surface area contributed by atoms with E-state index in [2.05, 4.69) is 21.8 Å². The second kappa shape index (κ2) is 10.8. The fraction of sp³-hybridized carbons (Fsp3) is 0.323. The molecule has 0 radical (unpaired) electrons. The molecule has 1 aliphatic carbocycles. The summed E-state index contributed by atoms with van der Waals surface area (Å²) in [7, 11) is 0. The smallest absolute Gasteiger partial charge is 0.491 e. The number of phenolic OH excluding ortho intramolecular Hbond substituents is 1. The van der Waals surface area contributed by atoms with Crippen molar-refractivity contribution in [3.05, 3.63) is 87.8 Å². The van der Waals surface area contributed by atoms with Crippen molar-refractivity contribution < 1.29 is 32.5 Å². The van der Waals surface area contributed by atoms with Crippen LogP contribution in [0.4, 0.5) is 13.2 Å². The van der Waals surface area contributed by atoms with E-state index in [1.165, 1.54) is 42.7 Å². The number of phenols is 1. The lowest BCUT2D eigenvalue weighted by Crippen LogP contribution is -2.33. The third-order valence-corrected chi connectivity index (χ3v) is 8.80. The van der Waals surface area contributed by atoms with Crippen molar-refractivity contribution in [2.24, 2.45) is 0 Å². The van der Waals surface area contributed by atoms with Gasteiger partial charge in [0.1, 0.15) is 23.9 Å². The van der Waals surface area contributed by atoms with Gasteiger partial charge in [-0.15, -0.1) is 11.3 Å². The largest absolute Gasteiger partial charge is 0.508 e. The van der Waals surface area contributed by atoms with Gasteiger partial charge < -0.3 is 14.6 Å². The van der Waals surface area contributed by atoms with E-state index in [0.29, 0.717) is 13.0 Å². The molecular weight excluding hydrogens is 539 g/mol. The van der Waals surface area contributed by atoms with Crippen molar-refractivity contribution in [3.63, 3.8) is 0 Å². The van der Waals surface area contributed by atoms with Crippen LogP contribution in [0.3, 0.4) is 0 Å². The van der Waals surface area contributed by atoms with Gasteiger partial charge in [0.25, 0.3) is 0 Å². The van der Waals surface area contributed by atoms with Gasteiger partial charge in [0.2, 0.25) is 0 Å². The van der Waals surface area contributed by atoms with Crippen LogP contribution in [0.25, 0.3) is 10.1 Å². The van der Waals surface area contributed by atoms with E-state index in [9.17, 15) is 23.1 Å². The van der Waals surface area contributed by atoms with Crippen LogP contribution in [0.1, 0.15) is 52.3 Å². The molecule has 3 aromatic carbocycles. The van der Waals surface area contributed by atoms with Crippen molar-refractivity contribution in [3.8, 4) is 17.2 Å². The Morgan fingerprint density at radius 1 is 0.975 bits per heavy atom. The Labute approximate surface area is 233 Å². The molecule has 5 nitrogen and oxygen atoms in total. The maximum absolute atomic E-state index is 12.7. The summed E-state index contributed by atoms with van der Waals surface area (Å²) in [6.07, 6.45) is -0.689. The predicted molar refractivity (Wildman–Crippen MR) is 148 cm³/mol. The van der Waals surface area contributed by atoms with Crippen LogP contribution in [0.15, 0.2) is 60.7 Å². The number of alkyl halides is 3. The normalized spacial score (nSPS) is 17.3. The zero-order valence-electron chi connectivity index (χ0n) is 21.7. The van der Waals surface area contributed by atoms with Gasteiger partial charge in [0, 0.05) is 28.5 Å². The highest BCUT2D eigenvalue weighted by Gasteiger charge is 2.41. The van der Waals surface area contributed by atoms with Crippen LogP contribution in [0, 0.1) is 0 Å². The molecule has 1 N–H and O–H groups in total. The maximum atomic E-state index is 12.7. The summed E-state index contributed by atoms with van der Waals surface area (Å²) in [5, 5.41) is 11.1. The first-order chi connectivity index (χ1) is 19.3. The summed E-state index contributed by atoms with van der Waals surface area (Å²) >= 11 is 1.46. The van der Waals surface area contributed by atoms with Gasteiger partial charge in [-0.05, 0) is 96.0 Å². The van der Waals surface area contributed by atoms with Crippen LogP contribution in [-0.4, -0.2) is 48.4 Å². The minimum Gasteiger partial charge on any atom is -0.508 e. The van der Waals surface area contributed by atoms with Crippen LogP contribution >= 0.6 is 11.3 Å². The summed E-state index contributed by atoms with van der Waals surface area (Å²) in [4.78, 5) is 14.9. The molecule has 1 aromatic heterocycles. The molecule has 6 rings (SSSR count). The van der Waals surface area contributed by atoms with Crippen LogP contribution in [-0.2, 0) is 11.2 Å². The number of fused-ring (bicyclic) bond motifs is 4. The van der Waals surface area contributed by atoms with E-state index in [1.54, 1.807) is 18.2 Å². The number of ether oxygens (including phenoxy) is 2. The molecule has 1 atom stereocenters. The number of carbonyl (C=O) groups is 1. The van der Waals surface area contributed by atoms with Crippen LogP contribution in [0.2, 0.25) is 0 Å². The average Bonchev–Trinajstić information content (AvgIpc) is 3.29. The molecule has 1 unspecified atom stereocenters. The molecular formula is C31H28F3NO4S. The quantitative estimate of drug-likeness (QED) is 0.177. The summed E-state index contributed by atoms with van der Waals surface area (Å²) in [5.74, 6) is -1.55. The molecule has 2 aliphatic rings. The fourth-order valence-electron chi connectivity index (χ4n) is 5.76. The van der Waals surface area contributed by atoms with E-state index < -0.39 is 12.1 Å². The monoisotopic (exact) mass is 567 g/mol. The summed E-state index contributed by atoms with van der Waals surface area (Å²) in [5.41, 5.74) is 4.18. The molecule has 0 amide bonds. The fourth-order valence-corrected chi connectivity index (χ4v) is 7.05. The van der Waals surface area contributed by atoms with E-state index in [-0.39, 0.29) is 17.4 Å². The number of hydrogen-bond acceptors (Lipinski definition) is 6. The first-order valence-corrected chi connectivity index (χ1v) is 14.2. The Balaban J connectivity index is 1.30. The number of aromatic hydroxyl groups is 1. The lowest BCUT2D eigenvalue weighted by atomic mass is 9.76. The first-order valence-electron chi connectivity index (χ1n) is 13.4. The highest BCUT2D eigenvalue weighted by molar-refractivity contribution is 7.19. The Morgan fingerprint density at radius 3 is 2.48 bits per heavy atom. The highest BCUT2D eigenvalue weighted by atomic mass is 32.1. The van der Waals surface area contributed by atoms with Crippen molar-refractivity contribution in [1.82, 2.24) is 4.90 Å². The Kier molecular flexibility index (Phi) is 7.18. The molecule has 2 heterocycles. The number of benzene rings is 3. The van der Waals surface area contributed by atoms with E-state index in [1.807, 2.05) is 18.2 Å².